The van der Waals surface area contributed by atoms with Gasteiger partial charge in [0.25, 0.3) is 0 Å². The number of ether oxygens (including phenoxy) is 1. The van der Waals surface area contributed by atoms with Crippen LogP contribution in [0.25, 0.3) is 0 Å². The van der Waals surface area contributed by atoms with Crippen LogP contribution in [0.3, 0.4) is 0 Å². The monoisotopic (exact) mass is 294 g/mol. The molecule has 0 unspecified atom stereocenters. The van der Waals surface area contributed by atoms with Gasteiger partial charge in [-0.1, -0.05) is 50.9 Å². The molecule has 0 N–H and O–H groups in total. The molecule has 0 spiro atoms. The Morgan fingerprint density at radius 2 is 2.00 bits per heavy atom. The van der Waals surface area contributed by atoms with Crippen LogP contribution in [0.15, 0.2) is 24.3 Å². The summed E-state index contributed by atoms with van der Waals surface area (Å²) in [5.74, 6) is 1.32. The lowest BCUT2D eigenvalue weighted by atomic mass is 9.75. The highest BCUT2D eigenvalue weighted by atomic mass is 35.5. The summed E-state index contributed by atoms with van der Waals surface area (Å²) in [5.41, 5.74) is 0.467. The maximum atomic E-state index is 12.3. The van der Waals surface area contributed by atoms with E-state index in [1.807, 2.05) is 12.1 Å². The lowest BCUT2D eigenvalue weighted by Crippen LogP contribution is -2.35. The van der Waals surface area contributed by atoms with E-state index in [1.54, 1.807) is 12.1 Å². The lowest BCUT2D eigenvalue weighted by molar-refractivity contribution is -0.0173. The maximum Gasteiger partial charge on any atom is 0.339 e. The Balaban J connectivity index is 2.10. The van der Waals surface area contributed by atoms with Crippen LogP contribution in [-0.4, -0.2) is 12.1 Å². The zero-order chi connectivity index (χ0) is 14.7. The normalized spacial score (nSPS) is 26.6. The van der Waals surface area contributed by atoms with Crippen molar-refractivity contribution >= 4 is 17.6 Å². The number of hydrogen-bond donors (Lipinski definition) is 0. The number of rotatable bonds is 3. The van der Waals surface area contributed by atoms with Gasteiger partial charge in [0.05, 0.1) is 10.6 Å². The van der Waals surface area contributed by atoms with Crippen molar-refractivity contribution in [3.63, 3.8) is 0 Å². The molecular formula is C17H23ClO2. The molecule has 110 valence electrons. The van der Waals surface area contributed by atoms with E-state index in [-0.39, 0.29) is 12.1 Å². The summed E-state index contributed by atoms with van der Waals surface area (Å²) in [7, 11) is 0. The molecule has 0 amide bonds. The van der Waals surface area contributed by atoms with Crippen LogP contribution in [0.4, 0.5) is 0 Å². The van der Waals surface area contributed by atoms with Crippen LogP contribution in [0.2, 0.25) is 5.02 Å². The van der Waals surface area contributed by atoms with Crippen LogP contribution < -0.4 is 0 Å². The lowest BCUT2D eigenvalue weighted by Gasteiger charge is -2.36. The van der Waals surface area contributed by atoms with Gasteiger partial charge in [0.15, 0.2) is 0 Å². The first-order valence-corrected chi connectivity index (χ1v) is 7.82. The molecule has 1 aromatic rings. The molecule has 1 aromatic carbocycles. The van der Waals surface area contributed by atoms with E-state index in [1.165, 1.54) is 6.42 Å². The Hall–Kier alpha value is -1.02. The summed E-state index contributed by atoms with van der Waals surface area (Å²) in [6.07, 6.45) is 3.34. The molecular weight excluding hydrogens is 272 g/mol. The predicted octanol–water partition coefficient (Wildman–Crippen LogP) is 4.96. The average Bonchev–Trinajstić information content (AvgIpc) is 2.38. The van der Waals surface area contributed by atoms with E-state index in [2.05, 4.69) is 20.8 Å². The summed E-state index contributed by atoms with van der Waals surface area (Å²) >= 11 is 6.06. The zero-order valence-electron chi connectivity index (χ0n) is 12.4. The van der Waals surface area contributed by atoms with E-state index in [9.17, 15) is 4.79 Å². The zero-order valence-corrected chi connectivity index (χ0v) is 13.2. The molecule has 0 heterocycles. The van der Waals surface area contributed by atoms with Gasteiger partial charge in [-0.3, -0.25) is 0 Å². The van der Waals surface area contributed by atoms with Crippen LogP contribution >= 0.6 is 11.6 Å². The van der Waals surface area contributed by atoms with E-state index < -0.39 is 0 Å². The van der Waals surface area contributed by atoms with Crippen molar-refractivity contribution in [1.29, 1.82) is 0 Å². The minimum Gasteiger partial charge on any atom is -0.458 e. The fourth-order valence-corrected chi connectivity index (χ4v) is 3.29. The molecule has 1 fully saturated rings. The van der Waals surface area contributed by atoms with Gasteiger partial charge >= 0.3 is 5.97 Å². The van der Waals surface area contributed by atoms with Gasteiger partial charge < -0.3 is 4.74 Å². The van der Waals surface area contributed by atoms with Gasteiger partial charge in [0.1, 0.15) is 6.10 Å². The van der Waals surface area contributed by atoms with Crippen molar-refractivity contribution in [1.82, 2.24) is 0 Å². The van der Waals surface area contributed by atoms with Crippen molar-refractivity contribution in [2.45, 2.75) is 46.1 Å². The smallest absolute Gasteiger partial charge is 0.339 e. The third-order valence-electron chi connectivity index (χ3n) is 4.31. The topological polar surface area (TPSA) is 26.3 Å². The average molecular weight is 295 g/mol. The minimum atomic E-state index is -0.291. The fourth-order valence-electron chi connectivity index (χ4n) is 3.08. The van der Waals surface area contributed by atoms with Crippen molar-refractivity contribution in [2.75, 3.05) is 0 Å². The third-order valence-corrected chi connectivity index (χ3v) is 4.64. The Kier molecular flexibility index (Phi) is 5.09. The van der Waals surface area contributed by atoms with Crippen molar-refractivity contribution in [3.8, 4) is 0 Å². The molecule has 3 atom stereocenters. The molecule has 2 nitrogen and oxygen atoms in total. The molecule has 2 rings (SSSR count). The molecule has 1 saturated carbocycles. The molecule has 1 aliphatic rings. The first kappa shape index (κ1) is 15.4. The van der Waals surface area contributed by atoms with Gasteiger partial charge in [0, 0.05) is 0 Å². The first-order chi connectivity index (χ1) is 9.49. The Labute approximate surface area is 126 Å². The largest absolute Gasteiger partial charge is 0.458 e. The van der Waals surface area contributed by atoms with Crippen LogP contribution in [0, 0.1) is 17.8 Å². The number of carbonyl (C=O) groups is 1. The van der Waals surface area contributed by atoms with Gasteiger partial charge in [-0.15, -0.1) is 0 Å². The van der Waals surface area contributed by atoms with Crippen LogP contribution in [0.1, 0.15) is 50.4 Å². The molecule has 0 aromatic heterocycles. The second kappa shape index (κ2) is 6.62. The second-order valence-electron chi connectivity index (χ2n) is 6.25. The van der Waals surface area contributed by atoms with Gasteiger partial charge in [-0.25, -0.2) is 4.79 Å². The quantitative estimate of drug-likeness (QED) is 0.737. The highest BCUT2D eigenvalue weighted by Gasteiger charge is 2.33. The number of benzene rings is 1. The van der Waals surface area contributed by atoms with Gasteiger partial charge in [-0.05, 0) is 42.7 Å². The molecule has 20 heavy (non-hydrogen) atoms. The molecule has 0 saturated heterocycles. The Morgan fingerprint density at radius 3 is 2.65 bits per heavy atom. The Morgan fingerprint density at radius 1 is 1.30 bits per heavy atom. The summed E-state index contributed by atoms with van der Waals surface area (Å²) in [5, 5.41) is 0.461. The standard InChI is InChI=1S/C17H23ClO2/c1-11(2)13-9-8-12(3)10-16(13)20-17(19)14-6-4-5-7-15(14)18/h4-7,11-13,16H,8-10H2,1-3H3/t12-,13+,16-/m1/s1. The fraction of sp³-hybridized carbons (Fsp3) is 0.588. The van der Waals surface area contributed by atoms with E-state index in [0.717, 1.165) is 12.8 Å². The molecule has 1 aliphatic carbocycles. The summed E-state index contributed by atoms with van der Waals surface area (Å²) in [6, 6.07) is 7.08. The van der Waals surface area contributed by atoms with E-state index >= 15 is 0 Å². The second-order valence-corrected chi connectivity index (χ2v) is 6.66. The number of carbonyl (C=O) groups excluding carboxylic acids is 1. The van der Waals surface area contributed by atoms with Crippen LogP contribution in [-0.2, 0) is 4.74 Å². The summed E-state index contributed by atoms with van der Waals surface area (Å²) in [4.78, 5) is 12.3. The van der Waals surface area contributed by atoms with E-state index in [4.69, 9.17) is 16.3 Å². The first-order valence-electron chi connectivity index (χ1n) is 7.44. The van der Waals surface area contributed by atoms with Crippen molar-refractivity contribution < 1.29 is 9.53 Å². The Bertz CT molecular complexity index is 470. The predicted molar refractivity (Wildman–Crippen MR) is 82.0 cm³/mol. The molecule has 0 bridgehead atoms. The van der Waals surface area contributed by atoms with Crippen LogP contribution in [0.5, 0.6) is 0 Å². The molecule has 3 heteroatoms. The molecule has 0 aliphatic heterocycles. The highest BCUT2D eigenvalue weighted by molar-refractivity contribution is 6.33. The van der Waals surface area contributed by atoms with Gasteiger partial charge in [0.2, 0.25) is 0 Å². The SMILES string of the molecule is CC(C)[C@@H]1CC[C@@H](C)C[C@H]1OC(=O)c1ccccc1Cl. The summed E-state index contributed by atoms with van der Waals surface area (Å²) in [6.45, 7) is 6.64. The number of hydrogen-bond acceptors (Lipinski definition) is 2. The third kappa shape index (κ3) is 3.54. The van der Waals surface area contributed by atoms with Gasteiger partial charge in [-0.2, -0.15) is 0 Å². The minimum absolute atomic E-state index is 0.0162. The van der Waals surface area contributed by atoms with E-state index in [0.29, 0.717) is 28.3 Å². The molecule has 0 radical (unpaired) electrons. The maximum absolute atomic E-state index is 12.3. The van der Waals surface area contributed by atoms with Crippen molar-refractivity contribution in [2.24, 2.45) is 17.8 Å². The van der Waals surface area contributed by atoms with Crippen molar-refractivity contribution in [3.05, 3.63) is 34.9 Å². The highest BCUT2D eigenvalue weighted by Crippen LogP contribution is 2.36. The number of esters is 1. The summed E-state index contributed by atoms with van der Waals surface area (Å²) < 4.78 is 5.78. The number of halogens is 1.